The number of anilines is 1. The summed E-state index contributed by atoms with van der Waals surface area (Å²) >= 11 is 2.29. The Bertz CT molecular complexity index is 504. The molecule has 0 amide bonds. The SMILES string of the molecule is CCCC(C)n1c(N)nc2cc(I)ccc21. The quantitative estimate of drug-likeness (QED) is 0.875. The largest absolute Gasteiger partial charge is 0.369 e. The molecule has 1 heterocycles. The lowest BCUT2D eigenvalue weighted by molar-refractivity contribution is 0.518. The van der Waals surface area contributed by atoms with E-state index < -0.39 is 0 Å². The summed E-state index contributed by atoms with van der Waals surface area (Å²) in [6.45, 7) is 4.38. The fourth-order valence-corrected chi connectivity index (χ4v) is 2.58. The van der Waals surface area contributed by atoms with E-state index in [9.17, 15) is 0 Å². The van der Waals surface area contributed by atoms with Crippen molar-refractivity contribution in [1.29, 1.82) is 0 Å². The van der Waals surface area contributed by atoms with Crippen molar-refractivity contribution in [3.8, 4) is 0 Å². The summed E-state index contributed by atoms with van der Waals surface area (Å²) < 4.78 is 3.33. The number of rotatable bonds is 3. The molecule has 1 atom stereocenters. The number of fused-ring (bicyclic) bond motifs is 1. The van der Waals surface area contributed by atoms with Crippen LogP contribution in [0.3, 0.4) is 0 Å². The normalized spacial score (nSPS) is 13.2. The van der Waals surface area contributed by atoms with Crippen LogP contribution in [0, 0.1) is 3.57 Å². The number of nitrogens with zero attached hydrogens (tertiary/aromatic N) is 2. The number of aromatic nitrogens is 2. The lowest BCUT2D eigenvalue weighted by Gasteiger charge is -2.14. The van der Waals surface area contributed by atoms with Gasteiger partial charge in [-0.3, -0.25) is 0 Å². The maximum absolute atomic E-state index is 5.98. The van der Waals surface area contributed by atoms with Gasteiger partial charge in [-0.15, -0.1) is 0 Å². The van der Waals surface area contributed by atoms with Gasteiger partial charge < -0.3 is 10.3 Å². The standard InChI is InChI=1S/C12H16IN3/c1-3-4-8(2)16-11-6-5-9(13)7-10(11)15-12(16)14/h5-8H,3-4H2,1-2H3,(H2,14,15). The molecule has 0 aliphatic heterocycles. The van der Waals surface area contributed by atoms with E-state index in [-0.39, 0.29) is 0 Å². The molecule has 0 saturated heterocycles. The molecule has 0 aliphatic carbocycles. The molecule has 2 N–H and O–H groups in total. The van der Waals surface area contributed by atoms with Crippen molar-refractivity contribution in [2.24, 2.45) is 0 Å². The first-order valence-electron chi connectivity index (χ1n) is 5.56. The molecule has 1 aromatic heterocycles. The summed E-state index contributed by atoms with van der Waals surface area (Å²) in [7, 11) is 0. The van der Waals surface area contributed by atoms with Crippen LogP contribution in [0.1, 0.15) is 32.7 Å². The minimum atomic E-state index is 0.412. The fraction of sp³-hybridized carbons (Fsp3) is 0.417. The van der Waals surface area contributed by atoms with Crippen LogP contribution in [-0.2, 0) is 0 Å². The van der Waals surface area contributed by atoms with Crippen LogP contribution in [-0.4, -0.2) is 9.55 Å². The molecule has 0 radical (unpaired) electrons. The van der Waals surface area contributed by atoms with Crippen molar-refractivity contribution in [2.45, 2.75) is 32.7 Å². The van der Waals surface area contributed by atoms with Gasteiger partial charge in [0.1, 0.15) is 0 Å². The summed E-state index contributed by atoms with van der Waals surface area (Å²) in [5, 5.41) is 0. The van der Waals surface area contributed by atoms with Gasteiger partial charge in [0, 0.05) is 9.61 Å². The summed E-state index contributed by atoms with van der Waals surface area (Å²) in [6.07, 6.45) is 2.28. The summed E-state index contributed by atoms with van der Waals surface area (Å²) in [5.41, 5.74) is 8.11. The predicted molar refractivity (Wildman–Crippen MR) is 76.5 cm³/mol. The Morgan fingerprint density at radius 1 is 1.50 bits per heavy atom. The molecule has 1 unspecified atom stereocenters. The summed E-state index contributed by atoms with van der Waals surface area (Å²) in [4.78, 5) is 4.41. The molecule has 2 rings (SSSR count). The monoisotopic (exact) mass is 329 g/mol. The van der Waals surface area contributed by atoms with Crippen molar-refractivity contribution < 1.29 is 0 Å². The predicted octanol–water partition coefficient (Wildman–Crippen LogP) is 3.58. The lowest BCUT2D eigenvalue weighted by Crippen LogP contribution is -2.08. The second kappa shape index (κ2) is 4.61. The van der Waals surface area contributed by atoms with Gasteiger partial charge in [-0.25, -0.2) is 4.98 Å². The first kappa shape index (κ1) is 11.7. The third-order valence-corrected chi connectivity index (χ3v) is 3.50. The number of nitrogens with two attached hydrogens (primary N) is 1. The van der Waals surface area contributed by atoms with Crippen LogP contribution in [0.15, 0.2) is 18.2 Å². The zero-order chi connectivity index (χ0) is 11.7. The minimum absolute atomic E-state index is 0.412. The van der Waals surface area contributed by atoms with Crippen molar-refractivity contribution in [3.63, 3.8) is 0 Å². The van der Waals surface area contributed by atoms with E-state index in [1.165, 1.54) is 3.57 Å². The smallest absolute Gasteiger partial charge is 0.201 e. The highest BCUT2D eigenvalue weighted by atomic mass is 127. The van der Waals surface area contributed by atoms with E-state index in [2.05, 4.69) is 64.2 Å². The minimum Gasteiger partial charge on any atom is -0.369 e. The molecule has 0 bridgehead atoms. The number of halogens is 1. The Hall–Kier alpha value is -0.780. The molecule has 16 heavy (non-hydrogen) atoms. The second-order valence-electron chi connectivity index (χ2n) is 4.11. The van der Waals surface area contributed by atoms with Crippen LogP contribution in [0.2, 0.25) is 0 Å². The number of benzene rings is 1. The molecule has 0 fully saturated rings. The Morgan fingerprint density at radius 2 is 2.25 bits per heavy atom. The fourth-order valence-electron chi connectivity index (χ4n) is 2.10. The molecule has 0 spiro atoms. The van der Waals surface area contributed by atoms with Crippen molar-refractivity contribution in [3.05, 3.63) is 21.8 Å². The van der Waals surface area contributed by atoms with Gasteiger partial charge in [0.2, 0.25) is 5.95 Å². The molecule has 0 aliphatic rings. The second-order valence-corrected chi connectivity index (χ2v) is 5.36. The molecule has 86 valence electrons. The summed E-state index contributed by atoms with van der Waals surface area (Å²) in [5.74, 6) is 0.623. The Labute approximate surface area is 109 Å². The van der Waals surface area contributed by atoms with Gasteiger partial charge in [0.25, 0.3) is 0 Å². The summed E-state index contributed by atoms with van der Waals surface area (Å²) in [6, 6.07) is 6.68. The molecule has 3 nitrogen and oxygen atoms in total. The maximum Gasteiger partial charge on any atom is 0.201 e. The van der Waals surface area contributed by atoms with Crippen LogP contribution in [0.4, 0.5) is 5.95 Å². The van der Waals surface area contributed by atoms with E-state index >= 15 is 0 Å². The van der Waals surface area contributed by atoms with E-state index in [1.807, 2.05) is 0 Å². The van der Waals surface area contributed by atoms with E-state index in [1.54, 1.807) is 0 Å². The molecular weight excluding hydrogens is 313 g/mol. The number of imidazole rings is 1. The van der Waals surface area contributed by atoms with Gasteiger partial charge in [-0.05, 0) is 54.1 Å². The van der Waals surface area contributed by atoms with Crippen LogP contribution < -0.4 is 5.73 Å². The highest BCUT2D eigenvalue weighted by molar-refractivity contribution is 14.1. The molecule has 0 saturated carbocycles. The van der Waals surface area contributed by atoms with Gasteiger partial charge in [-0.1, -0.05) is 13.3 Å². The third-order valence-electron chi connectivity index (χ3n) is 2.83. The lowest BCUT2D eigenvalue weighted by atomic mass is 10.2. The van der Waals surface area contributed by atoms with Gasteiger partial charge in [0.15, 0.2) is 0 Å². The van der Waals surface area contributed by atoms with E-state index in [0.717, 1.165) is 23.9 Å². The van der Waals surface area contributed by atoms with E-state index in [0.29, 0.717) is 12.0 Å². The van der Waals surface area contributed by atoms with Crippen molar-refractivity contribution in [1.82, 2.24) is 9.55 Å². The topological polar surface area (TPSA) is 43.8 Å². The van der Waals surface area contributed by atoms with Crippen molar-refractivity contribution in [2.75, 3.05) is 5.73 Å². The highest BCUT2D eigenvalue weighted by Gasteiger charge is 2.13. The van der Waals surface area contributed by atoms with Crippen LogP contribution in [0.25, 0.3) is 11.0 Å². The average Bonchev–Trinajstić information content (AvgIpc) is 2.53. The molecule has 4 heteroatoms. The first-order valence-corrected chi connectivity index (χ1v) is 6.64. The van der Waals surface area contributed by atoms with Crippen molar-refractivity contribution >= 4 is 39.6 Å². The maximum atomic E-state index is 5.98. The number of hydrogen-bond acceptors (Lipinski definition) is 2. The third kappa shape index (κ3) is 2.03. The Balaban J connectivity index is 2.55. The van der Waals surface area contributed by atoms with Crippen LogP contribution >= 0.6 is 22.6 Å². The zero-order valence-electron chi connectivity index (χ0n) is 9.57. The van der Waals surface area contributed by atoms with Crippen LogP contribution in [0.5, 0.6) is 0 Å². The zero-order valence-corrected chi connectivity index (χ0v) is 11.7. The highest BCUT2D eigenvalue weighted by Crippen LogP contribution is 2.26. The first-order chi connectivity index (χ1) is 7.63. The number of nitrogen functional groups attached to an aromatic ring is 1. The molecular formula is C12H16IN3. The Kier molecular flexibility index (Phi) is 3.37. The Morgan fingerprint density at radius 3 is 2.94 bits per heavy atom. The van der Waals surface area contributed by atoms with E-state index in [4.69, 9.17) is 5.73 Å². The molecule has 2 aromatic rings. The average molecular weight is 329 g/mol. The molecule has 1 aromatic carbocycles. The number of hydrogen-bond donors (Lipinski definition) is 1. The van der Waals surface area contributed by atoms with Gasteiger partial charge in [0.05, 0.1) is 11.0 Å². The van der Waals surface area contributed by atoms with Gasteiger partial charge in [-0.2, -0.15) is 0 Å². The van der Waals surface area contributed by atoms with Gasteiger partial charge >= 0.3 is 0 Å².